The van der Waals surface area contributed by atoms with Gasteiger partial charge in [0.2, 0.25) is 5.95 Å². The summed E-state index contributed by atoms with van der Waals surface area (Å²) < 4.78 is 1.95. The highest BCUT2D eigenvalue weighted by Crippen LogP contribution is 2.26. The number of thioether (sulfide) groups is 1. The SMILES string of the molecule is CC(C)n1c(N)nnc1SCCCCC(C)(C)C#N. The molecule has 0 saturated carbocycles. The summed E-state index contributed by atoms with van der Waals surface area (Å²) in [5, 5.41) is 17.8. The van der Waals surface area contributed by atoms with Crippen molar-refractivity contribution in [2.75, 3.05) is 11.5 Å². The minimum absolute atomic E-state index is 0.215. The third-order valence-corrected chi connectivity index (χ3v) is 3.97. The molecule has 6 heteroatoms. The molecule has 0 amide bonds. The largest absolute Gasteiger partial charge is 0.368 e. The first-order chi connectivity index (χ1) is 8.87. The topological polar surface area (TPSA) is 80.5 Å². The zero-order valence-electron chi connectivity index (χ0n) is 12.2. The molecule has 0 aliphatic carbocycles. The van der Waals surface area contributed by atoms with Crippen LogP contribution in [0, 0.1) is 16.7 Å². The third-order valence-electron chi connectivity index (χ3n) is 2.94. The fourth-order valence-corrected chi connectivity index (χ4v) is 2.83. The Bertz CT molecular complexity index is 444. The number of unbranched alkanes of at least 4 members (excludes halogenated alkanes) is 1. The van der Waals surface area contributed by atoms with Crippen molar-refractivity contribution >= 4 is 17.7 Å². The smallest absolute Gasteiger partial charge is 0.222 e. The van der Waals surface area contributed by atoms with Crippen molar-refractivity contribution in [3.05, 3.63) is 0 Å². The summed E-state index contributed by atoms with van der Waals surface area (Å²) in [6, 6.07) is 2.60. The molecule has 0 unspecified atom stereocenters. The van der Waals surface area contributed by atoms with E-state index >= 15 is 0 Å². The molecule has 0 fully saturated rings. The van der Waals surface area contributed by atoms with Crippen molar-refractivity contribution < 1.29 is 0 Å². The molecule has 0 bridgehead atoms. The lowest BCUT2D eigenvalue weighted by Crippen LogP contribution is -2.08. The maximum atomic E-state index is 8.94. The number of anilines is 1. The quantitative estimate of drug-likeness (QED) is 0.613. The zero-order valence-corrected chi connectivity index (χ0v) is 13.0. The van der Waals surface area contributed by atoms with Crippen molar-refractivity contribution in [3.63, 3.8) is 0 Å². The molecule has 0 saturated heterocycles. The van der Waals surface area contributed by atoms with Crippen LogP contribution in [0.2, 0.25) is 0 Å². The molecule has 0 aliphatic heterocycles. The van der Waals surface area contributed by atoms with Gasteiger partial charge in [0.05, 0.1) is 11.5 Å². The Labute approximate surface area is 119 Å². The van der Waals surface area contributed by atoms with Crippen LogP contribution in [0.3, 0.4) is 0 Å². The van der Waals surface area contributed by atoms with E-state index in [0.29, 0.717) is 5.95 Å². The minimum Gasteiger partial charge on any atom is -0.368 e. The highest BCUT2D eigenvalue weighted by Gasteiger charge is 2.16. The van der Waals surface area contributed by atoms with E-state index in [0.717, 1.165) is 30.2 Å². The molecular formula is C13H23N5S. The lowest BCUT2D eigenvalue weighted by atomic mass is 9.89. The van der Waals surface area contributed by atoms with Crippen molar-refractivity contribution in [2.45, 2.75) is 58.2 Å². The second-order valence-corrected chi connectivity index (χ2v) is 6.67. The number of nitrogen functional groups attached to an aromatic ring is 1. The van der Waals surface area contributed by atoms with E-state index < -0.39 is 0 Å². The second-order valence-electron chi connectivity index (χ2n) is 5.61. The van der Waals surface area contributed by atoms with E-state index in [1.54, 1.807) is 11.8 Å². The summed E-state index contributed by atoms with van der Waals surface area (Å²) in [5.74, 6) is 1.45. The van der Waals surface area contributed by atoms with Gasteiger partial charge in [-0.2, -0.15) is 5.26 Å². The highest BCUT2D eigenvalue weighted by molar-refractivity contribution is 7.99. The van der Waals surface area contributed by atoms with E-state index in [9.17, 15) is 0 Å². The van der Waals surface area contributed by atoms with Crippen LogP contribution in [0.25, 0.3) is 0 Å². The number of hydrogen-bond donors (Lipinski definition) is 1. The van der Waals surface area contributed by atoms with Gasteiger partial charge in [0.25, 0.3) is 0 Å². The lowest BCUT2D eigenvalue weighted by Gasteiger charge is -2.14. The van der Waals surface area contributed by atoms with E-state index in [2.05, 4.69) is 30.1 Å². The molecular weight excluding hydrogens is 258 g/mol. The van der Waals surface area contributed by atoms with Gasteiger partial charge in [0.1, 0.15) is 0 Å². The fraction of sp³-hybridized carbons (Fsp3) is 0.769. The number of rotatable bonds is 7. The number of nitrogens with zero attached hydrogens (tertiary/aromatic N) is 4. The van der Waals surface area contributed by atoms with Gasteiger partial charge in [-0.15, -0.1) is 10.2 Å². The first kappa shape index (κ1) is 15.8. The normalized spacial score (nSPS) is 11.8. The van der Waals surface area contributed by atoms with E-state index in [1.165, 1.54) is 0 Å². The Kier molecular flexibility index (Phi) is 5.67. The van der Waals surface area contributed by atoms with Gasteiger partial charge >= 0.3 is 0 Å². The minimum atomic E-state index is -0.215. The summed E-state index contributed by atoms with van der Waals surface area (Å²) in [6.45, 7) is 8.10. The maximum absolute atomic E-state index is 8.94. The van der Waals surface area contributed by atoms with Crippen LogP contribution in [0.5, 0.6) is 0 Å². The summed E-state index contributed by atoms with van der Waals surface area (Å²) in [6.07, 6.45) is 3.06. The van der Waals surface area contributed by atoms with E-state index in [4.69, 9.17) is 11.0 Å². The average molecular weight is 281 g/mol. The number of aromatic nitrogens is 3. The van der Waals surface area contributed by atoms with Crippen molar-refractivity contribution in [2.24, 2.45) is 5.41 Å². The highest BCUT2D eigenvalue weighted by atomic mass is 32.2. The molecule has 5 nitrogen and oxygen atoms in total. The number of hydrogen-bond acceptors (Lipinski definition) is 5. The average Bonchev–Trinajstić information content (AvgIpc) is 2.70. The molecule has 2 N–H and O–H groups in total. The second kappa shape index (κ2) is 6.80. The van der Waals surface area contributed by atoms with Crippen LogP contribution in [0.4, 0.5) is 5.95 Å². The zero-order chi connectivity index (χ0) is 14.5. The van der Waals surface area contributed by atoms with Gasteiger partial charge in [-0.05, 0) is 40.5 Å². The van der Waals surface area contributed by atoms with Gasteiger partial charge in [0, 0.05) is 11.8 Å². The fourth-order valence-electron chi connectivity index (χ4n) is 1.76. The third kappa shape index (κ3) is 4.75. The van der Waals surface area contributed by atoms with Gasteiger partial charge in [-0.25, -0.2) is 0 Å². The van der Waals surface area contributed by atoms with Gasteiger partial charge in [-0.1, -0.05) is 18.2 Å². The van der Waals surface area contributed by atoms with Gasteiger partial charge in [-0.3, -0.25) is 4.57 Å². The van der Waals surface area contributed by atoms with Gasteiger partial charge in [0.15, 0.2) is 5.16 Å². The summed E-state index contributed by atoms with van der Waals surface area (Å²) in [5.41, 5.74) is 5.57. The Morgan fingerprint density at radius 3 is 2.63 bits per heavy atom. The van der Waals surface area contributed by atoms with Crippen molar-refractivity contribution in [3.8, 4) is 6.07 Å². The van der Waals surface area contributed by atoms with Crippen molar-refractivity contribution in [1.82, 2.24) is 14.8 Å². The molecule has 0 aromatic carbocycles. The van der Waals surface area contributed by atoms with E-state index in [-0.39, 0.29) is 11.5 Å². The first-order valence-electron chi connectivity index (χ1n) is 6.62. The van der Waals surface area contributed by atoms with Crippen LogP contribution >= 0.6 is 11.8 Å². The Balaban J connectivity index is 2.37. The maximum Gasteiger partial charge on any atom is 0.222 e. The molecule has 19 heavy (non-hydrogen) atoms. The monoisotopic (exact) mass is 281 g/mol. The summed E-state index contributed by atoms with van der Waals surface area (Å²) >= 11 is 1.68. The Hall–Kier alpha value is -1.22. The van der Waals surface area contributed by atoms with Crippen LogP contribution in [0.15, 0.2) is 5.16 Å². The predicted molar refractivity (Wildman–Crippen MR) is 78.8 cm³/mol. The van der Waals surface area contributed by atoms with E-state index in [1.807, 2.05) is 18.4 Å². The van der Waals surface area contributed by atoms with Crippen LogP contribution < -0.4 is 5.73 Å². The number of nitriles is 1. The molecule has 0 aliphatic rings. The van der Waals surface area contributed by atoms with Crippen LogP contribution in [-0.2, 0) is 0 Å². The first-order valence-corrected chi connectivity index (χ1v) is 7.60. The molecule has 0 radical (unpaired) electrons. The van der Waals surface area contributed by atoms with Gasteiger partial charge < -0.3 is 5.73 Å². The molecule has 1 aromatic rings. The summed E-state index contributed by atoms with van der Waals surface area (Å²) in [4.78, 5) is 0. The molecule has 0 atom stereocenters. The molecule has 1 heterocycles. The summed E-state index contributed by atoms with van der Waals surface area (Å²) in [7, 11) is 0. The standard InChI is InChI=1S/C13H23N5S/c1-10(2)18-11(15)16-17-12(18)19-8-6-5-7-13(3,4)9-14/h10H,5-8H2,1-4H3,(H2,15,16). The van der Waals surface area contributed by atoms with Crippen LogP contribution in [0.1, 0.15) is 53.0 Å². The Morgan fingerprint density at radius 1 is 1.37 bits per heavy atom. The molecule has 1 aromatic heterocycles. The Morgan fingerprint density at radius 2 is 2.05 bits per heavy atom. The lowest BCUT2D eigenvalue weighted by molar-refractivity contribution is 0.433. The molecule has 106 valence electrons. The molecule has 1 rings (SSSR count). The number of nitrogens with two attached hydrogens (primary N) is 1. The molecule has 0 spiro atoms. The van der Waals surface area contributed by atoms with Crippen molar-refractivity contribution in [1.29, 1.82) is 5.26 Å². The predicted octanol–water partition coefficient (Wildman–Crippen LogP) is 3.25. The van der Waals surface area contributed by atoms with Crippen LogP contribution in [-0.4, -0.2) is 20.5 Å².